The Hall–Kier alpha value is -4.51. The maximum absolute atomic E-state index is 5.21. The van der Waals surface area contributed by atoms with Crippen LogP contribution in [0.5, 0.6) is 0 Å². The van der Waals surface area contributed by atoms with Crippen LogP contribution in [-0.2, 0) is 0 Å². The zero-order chi connectivity index (χ0) is 19.2. The monoisotopic (exact) mass is 377 g/mol. The molecule has 6 aromatic heterocycles. The minimum Gasteiger partial charge on any atom is -0.472 e. The Bertz CT molecular complexity index is 1450. The quantitative estimate of drug-likeness (QED) is 0.485. The summed E-state index contributed by atoms with van der Waals surface area (Å²) in [6.07, 6.45) is 11.2. The highest BCUT2D eigenvalue weighted by Crippen LogP contribution is 2.31. The molecule has 0 aliphatic rings. The molecule has 0 aliphatic heterocycles. The van der Waals surface area contributed by atoms with Crippen LogP contribution < -0.4 is 0 Å². The maximum atomic E-state index is 5.21. The lowest BCUT2D eigenvalue weighted by atomic mass is 10.1. The van der Waals surface area contributed by atoms with Crippen molar-refractivity contribution in [2.75, 3.05) is 0 Å². The van der Waals surface area contributed by atoms with E-state index in [0.29, 0.717) is 17.0 Å². The van der Waals surface area contributed by atoms with Gasteiger partial charge in [0.05, 0.1) is 35.5 Å². The number of furan rings is 1. The number of nitrogens with one attached hydrogen (secondary N) is 2. The third kappa shape index (κ3) is 2.45. The summed E-state index contributed by atoms with van der Waals surface area (Å²) in [4.78, 5) is 21.2. The second kappa shape index (κ2) is 6.00. The summed E-state index contributed by atoms with van der Waals surface area (Å²) >= 11 is 0. The molecule has 0 aromatic carbocycles. The van der Waals surface area contributed by atoms with E-state index in [2.05, 4.69) is 37.4 Å². The van der Waals surface area contributed by atoms with Gasteiger partial charge in [-0.05, 0) is 24.3 Å². The van der Waals surface area contributed by atoms with Crippen LogP contribution in [0.4, 0.5) is 0 Å². The van der Waals surface area contributed by atoms with Crippen LogP contribution in [0.25, 0.3) is 56.0 Å². The molecule has 0 spiro atoms. The number of aromatic amines is 2. The molecule has 29 heavy (non-hydrogen) atoms. The summed E-state index contributed by atoms with van der Waals surface area (Å²) in [6.45, 7) is 0. The Kier molecular flexibility index (Phi) is 3.22. The fourth-order valence-corrected chi connectivity index (χ4v) is 3.33. The Balaban J connectivity index is 1.53. The number of hydrogen-bond donors (Lipinski definition) is 2. The summed E-state index contributed by atoms with van der Waals surface area (Å²) in [6, 6.07) is 10.4. The highest BCUT2D eigenvalue weighted by Gasteiger charge is 2.17. The fourth-order valence-electron chi connectivity index (χ4n) is 3.33. The summed E-state index contributed by atoms with van der Waals surface area (Å²) in [7, 11) is 0. The van der Waals surface area contributed by atoms with Gasteiger partial charge in [0.2, 0.25) is 0 Å². The van der Waals surface area contributed by atoms with Gasteiger partial charge in [0.25, 0.3) is 0 Å². The second-order valence-corrected chi connectivity index (χ2v) is 6.46. The molecule has 0 saturated heterocycles. The maximum Gasteiger partial charge on any atom is 0.161 e. The lowest BCUT2D eigenvalue weighted by Crippen LogP contribution is -1.87. The van der Waals surface area contributed by atoms with Crippen LogP contribution in [0.2, 0.25) is 0 Å². The van der Waals surface area contributed by atoms with E-state index < -0.39 is 0 Å². The first-order chi connectivity index (χ1) is 14.4. The number of pyridine rings is 2. The van der Waals surface area contributed by atoms with Gasteiger partial charge in [-0.15, -0.1) is 0 Å². The molecule has 136 valence electrons. The van der Waals surface area contributed by atoms with Crippen molar-refractivity contribution in [1.82, 2.24) is 35.1 Å². The Labute approximate surface area is 163 Å². The number of rotatable bonds is 3. The van der Waals surface area contributed by atoms with Crippen LogP contribution in [0.15, 0.2) is 59.8 Å². The van der Waals surface area contributed by atoms with Gasteiger partial charge in [-0.1, -0.05) is 0 Å². The molecule has 8 heteroatoms. The minimum atomic E-state index is 0.611. The van der Waals surface area contributed by atoms with Crippen LogP contribution in [-0.4, -0.2) is 35.1 Å². The third-order valence-electron chi connectivity index (χ3n) is 4.71. The van der Waals surface area contributed by atoms with Gasteiger partial charge in [-0.2, -0.15) is 5.10 Å². The van der Waals surface area contributed by atoms with Crippen molar-refractivity contribution >= 4 is 22.1 Å². The van der Waals surface area contributed by atoms with Gasteiger partial charge in [0.1, 0.15) is 11.0 Å². The molecule has 0 saturated carbocycles. The first kappa shape index (κ1) is 15.5. The van der Waals surface area contributed by atoms with Gasteiger partial charge in [0, 0.05) is 41.3 Å². The van der Waals surface area contributed by atoms with Crippen LogP contribution in [0, 0.1) is 12.3 Å². The lowest BCUT2D eigenvalue weighted by Gasteiger charge is -1.99. The van der Waals surface area contributed by atoms with Gasteiger partial charge in [-0.25, -0.2) is 15.0 Å². The number of fused-ring (bicyclic) bond motifs is 2. The third-order valence-corrected chi connectivity index (χ3v) is 4.71. The standard InChI is InChI=1S/C21H11N7O/c1-2-12(8-22-6-1)15-3-4-16-19(24-15)20(28-27-16)21-25-17-10-23-9-14(18(17)26-21)13-5-7-29-11-13/h2-5,7-11H,(H,25,26)(H,27,28). The Morgan fingerprint density at radius 3 is 2.79 bits per heavy atom. The molecule has 6 rings (SSSR count). The van der Waals surface area contributed by atoms with Crippen molar-refractivity contribution < 1.29 is 4.42 Å². The molecule has 0 bridgehead atoms. The molecule has 0 unspecified atom stereocenters. The largest absolute Gasteiger partial charge is 0.472 e. The molecule has 2 N–H and O–H groups in total. The SMILES string of the molecule is c1cc(-c2ccc3[nH]nc(-c4nc5c(-c6ccoc6)cncc5[nH]4)c3n2)cnc#1. The van der Waals surface area contributed by atoms with E-state index in [1.54, 1.807) is 37.2 Å². The van der Waals surface area contributed by atoms with Crippen LogP contribution >= 0.6 is 0 Å². The predicted octanol–water partition coefficient (Wildman–Crippen LogP) is 3.82. The fraction of sp³-hybridized carbons (Fsp3) is 0. The molecule has 0 atom stereocenters. The summed E-state index contributed by atoms with van der Waals surface area (Å²) < 4.78 is 5.21. The van der Waals surface area contributed by atoms with Gasteiger partial charge >= 0.3 is 0 Å². The van der Waals surface area contributed by atoms with E-state index in [1.165, 1.54) is 0 Å². The Morgan fingerprint density at radius 1 is 0.931 bits per heavy atom. The van der Waals surface area contributed by atoms with E-state index in [-0.39, 0.29) is 0 Å². The zero-order valence-electron chi connectivity index (χ0n) is 14.8. The molecule has 0 aliphatic carbocycles. The average molecular weight is 377 g/mol. The molecule has 6 heterocycles. The highest BCUT2D eigenvalue weighted by atomic mass is 16.3. The topological polar surface area (TPSA) is 109 Å². The molecule has 8 nitrogen and oxygen atoms in total. The van der Waals surface area contributed by atoms with E-state index >= 15 is 0 Å². The summed E-state index contributed by atoms with van der Waals surface area (Å²) in [5.41, 5.74) is 7.19. The normalized spacial score (nSPS) is 11.2. The van der Waals surface area contributed by atoms with Gasteiger partial charge < -0.3 is 9.40 Å². The second-order valence-electron chi connectivity index (χ2n) is 6.46. The van der Waals surface area contributed by atoms with E-state index in [9.17, 15) is 0 Å². The number of H-pyrrole nitrogens is 2. The van der Waals surface area contributed by atoms with E-state index in [4.69, 9.17) is 14.4 Å². The van der Waals surface area contributed by atoms with Gasteiger partial charge in [0.15, 0.2) is 11.5 Å². The predicted molar refractivity (Wildman–Crippen MR) is 105 cm³/mol. The van der Waals surface area contributed by atoms with Gasteiger partial charge in [-0.3, -0.25) is 10.1 Å². The number of imidazole rings is 1. The van der Waals surface area contributed by atoms with Crippen LogP contribution in [0.1, 0.15) is 0 Å². The first-order valence-electron chi connectivity index (χ1n) is 8.83. The van der Waals surface area contributed by atoms with Crippen molar-refractivity contribution in [3.63, 3.8) is 0 Å². The van der Waals surface area contributed by atoms with Crippen molar-refractivity contribution in [1.29, 1.82) is 0 Å². The molecule has 6 aromatic rings. The molecule has 0 amide bonds. The number of hydrogen-bond acceptors (Lipinski definition) is 6. The first-order valence-corrected chi connectivity index (χ1v) is 8.83. The van der Waals surface area contributed by atoms with Crippen molar-refractivity contribution in [2.24, 2.45) is 0 Å². The van der Waals surface area contributed by atoms with Crippen molar-refractivity contribution in [3.05, 3.63) is 67.6 Å². The lowest BCUT2D eigenvalue weighted by molar-refractivity contribution is 0.568. The number of nitrogens with zero attached hydrogens (tertiary/aromatic N) is 5. The molecular weight excluding hydrogens is 366 g/mol. The summed E-state index contributed by atoms with van der Waals surface area (Å²) in [5.74, 6) is 0.611. The van der Waals surface area contributed by atoms with E-state index in [0.717, 1.165) is 38.9 Å². The smallest absolute Gasteiger partial charge is 0.161 e. The Morgan fingerprint density at radius 2 is 1.93 bits per heavy atom. The molecular formula is C21H11N7O. The summed E-state index contributed by atoms with van der Waals surface area (Å²) in [5, 5.41) is 7.46. The average Bonchev–Trinajstić information content (AvgIpc) is 3.52. The van der Waals surface area contributed by atoms with Crippen molar-refractivity contribution in [2.45, 2.75) is 0 Å². The number of aromatic nitrogens is 7. The van der Waals surface area contributed by atoms with Crippen molar-refractivity contribution in [3.8, 4) is 33.9 Å². The minimum absolute atomic E-state index is 0.611. The molecule has 0 fully saturated rings. The molecule has 0 radical (unpaired) electrons. The van der Waals surface area contributed by atoms with E-state index in [1.807, 2.05) is 18.2 Å². The highest BCUT2D eigenvalue weighted by molar-refractivity contribution is 5.95. The van der Waals surface area contributed by atoms with Crippen LogP contribution in [0.3, 0.4) is 0 Å². The zero-order valence-corrected chi connectivity index (χ0v) is 14.8.